The topological polar surface area (TPSA) is 111 Å². The van der Waals surface area contributed by atoms with E-state index in [2.05, 4.69) is 30.2 Å². The Labute approximate surface area is 158 Å². The highest BCUT2D eigenvalue weighted by Gasteiger charge is 2.19. The van der Waals surface area contributed by atoms with E-state index in [1.54, 1.807) is 35.0 Å². The lowest BCUT2D eigenvalue weighted by molar-refractivity contribution is 0.611. The monoisotopic (exact) mass is 374 g/mol. The fraction of sp³-hybridized carbons (Fsp3) is 0.105. The van der Waals surface area contributed by atoms with Gasteiger partial charge in [-0.2, -0.15) is 10.2 Å². The zero-order chi connectivity index (χ0) is 19.3. The molecule has 0 amide bonds. The van der Waals surface area contributed by atoms with Crippen LogP contribution in [0.4, 0.5) is 10.2 Å². The van der Waals surface area contributed by atoms with Gasteiger partial charge in [-0.3, -0.25) is 5.10 Å². The molecule has 0 fully saturated rings. The van der Waals surface area contributed by atoms with Gasteiger partial charge in [-0.1, -0.05) is 18.2 Å². The number of aryl methyl sites for hydroxylation is 1. The second kappa shape index (κ2) is 6.08. The fourth-order valence-corrected chi connectivity index (χ4v) is 3.30. The van der Waals surface area contributed by atoms with Crippen molar-refractivity contribution in [2.75, 3.05) is 5.73 Å². The molecule has 0 saturated carbocycles. The van der Waals surface area contributed by atoms with Crippen LogP contribution in [0, 0.1) is 12.7 Å². The Kier molecular flexibility index (Phi) is 3.54. The summed E-state index contributed by atoms with van der Waals surface area (Å²) in [5.74, 6) is 0.983. The van der Waals surface area contributed by atoms with Crippen molar-refractivity contribution in [2.24, 2.45) is 0 Å². The largest absolute Gasteiger partial charge is 0.383 e. The third-order valence-electron chi connectivity index (χ3n) is 4.62. The van der Waals surface area contributed by atoms with Crippen LogP contribution in [0.1, 0.15) is 17.1 Å². The van der Waals surface area contributed by atoms with E-state index in [-0.39, 0.29) is 12.2 Å². The van der Waals surface area contributed by atoms with Gasteiger partial charge >= 0.3 is 0 Å². The summed E-state index contributed by atoms with van der Waals surface area (Å²) < 4.78 is 15.8. The molecule has 1 aromatic carbocycles. The lowest BCUT2D eigenvalue weighted by Gasteiger charge is -2.01. The Morgan fingerprint density at radius 1 is 1.11 bits per heavy atom. The molecule has 0 unspecified atom stereocenters. The maximum Gasteiger partial charge on any atom is 0.184 e. The summed E-state index contributed by atoms with van der Waals surface area (Å²) in [5, 5.41) is 12.1. The summed E-state index contributed by atoms with van der Waals surface area (Å²) in [6.07, 6.45) is 1.94. The van der Waals surface area contributed by atoms with Crippen molar-refractivity contribution in [1.82, 2.24) is 34.8 Å². The number of halogens is 1. The third kappa shape index (κ3) is 2.48. The third-order valence-corrected chi connectivity index (χ3v) is 4.62. The molecule has 0 aliphatic rings. The highest BCUT2D eigenvalue weighted by Crippen LogP contribution is 2.27. The molecule has 5 rings (SSSR count). The fourth-order valence-electron chi connectivity index (χ4n) is 3.30. The molecular formula is C19H15FN8. The number of H-pyrrole nitrogens is 1. The summed E-state index contributed by atoms with van der Waals surface area (Å²) in [4.78, 5) is 13.6. The van der Waals surface area contributed by atoms with Crippen LogP contribution >= 0.6 is 0 Å². The van der Waals surface area contributed by atoms with Gasteiger partial charge in [0.05, 0.1) is 16.6 Å². The van der Waals surface area contributed by atoms with Crippen molar-refractivity contribution < 1.29 is 4.39 Å². The smallest absolute Gasteiger partial charge is 0.184 e. The number of nitrogen functional groups attached to an aromatic ring is 1. The van der Waals surface area contributed by atoms with Crippen molar-refractivity contribution in [3.8, 4) is 11.5 Å². The summed E-state index contributed by atoms with van der Waals surface area (Å²) in [6.45, 7) is 1.83. The van der Waals surface area contributed by atoms with Crippen LogP contribution in [0.25, 0.3) is 28.1 Å². The molecule has 5 aromatic rings. The van der Waals surface area contributed by atoms with Crippen molar-refractivity contribution in [1.29, 1.82) is 0 Å². The number of imidazole rings is 1. The zero-order valence-corrected chi connectivity index (χ0v) is 14.9. The van der Waals surface area contributed by atoms with E-state index < -0.39 is 0 Å². The van der Waals surface area contributed by atoms with Crippen molar-refractivity contribution in [3.05, 3.63) is 65.5 Å². The van der Waals surface area contributed by atoms with E-state index >= 15 is 0 Å². The molecule has 0 saturated heterocycles. The lowest BCUT2D eigenvalue weighted by Crippen LogP contribution is -2.00. The molecule has 0 radical (unpaired) electrons. The Balaban J connectivity index is 1.70. The molecule has 4 heterocycles. The second-order valence-corrected chi connectivity index (χ2v) is 6.43. The molecule has 0 atom stereocenters. The molecular weight excluding hydrogens is 359 g/mol. The van der Waals surface area contributed by atoms with Gasteiger partial charge in [-0.25, -0.2) is 23.9 Å². The van der Waals surface area contributed by atoms with E-state index in [4.69, 9.17) is 5.73 Å². The first-order valence-electron chi connectivity index (χ1n) is 8.66. The Hall–Kier alpha value is -3.88. The number of hydrogen-bond donors (Lipinski definition) is 2. The number of rotatable bonds is 3. The summed E-state index contributed by atoms with van der Waals surface area (Å²) in [7, 11) is 0. The van der Waals surface area contributed by atoms with Gasteiger partial charge in [0, 0.05) is 12.6 Å². The van der Waals surface area contributed by atoms with E-state index in [1.165, 1.54) is 6.07 Å². The van der Waals surface area contributed by atoms with Crippen molar-refractivity contribution in [3.63, 3.8) is 0 Å². The predicted molar refractivity (Wildman–Crippen MR) is 102 cm³/mol. The molecule has 9 heteroatoms. The number of fused-ring (bicyclic) bond motifs is 2. The van der Waals surface area contributed by atoms with E-state index in [9.17, 15) is 4.39 Å². The molecule has 0 aliphatic heterocycles. The summed E-state index contributed by atoms with van der Waals surface area (Å²) >= 11 is 0. The maximum atomic E-state index is 14.1. The number of nitrogens with one attached hydrogen (secondary N) is 1. The predicted octanol–water partition coefficient (Wildman–Crippen LogP) is 2.68. The lowest BCUT2D eigenvalue weighted by atomic mass is 10.1. The van der Waals surface area contributed by atoms with Crippen LogP contribution in [0.2, 0.25) is 0 Å². The number of hydrogen-bond acceptors (Lipinski definition) is 6. The quantitative estimate of drug-likeness (QED) is 0.502. The number of aromatic amines is 1. The average Bonchev–Trinajstić information content (AvgIpc) is 3.25. The standard InChI is InChI=1S/C19H15FN8/c1-10-15-17(21)24-19(25-18(15)27-26-10)16-13-7-4-8-22-28(13)14(23-16)9-11-5-2-3-6-12(11)20/h2-8H,9H2,1H3,(H3,21,24,25,26,27). The molecule has 3 N–H and O–H groups in total. The average molecular weight is 374 g/mol. The Bertz CT molecular complexity index is 1340. The van der Waals surface area contributed by atoms with Crippen molar-refractivity contribution in [2.45, 2.75) is 13.3 Å². The number of benzene rings is 1. The van der Waals surface area contributed by atoms with Gasteiger partial charge in [0.15, 0.2) is 11.5 Å². The minimum absolute atomic E-state index is 0.283. The number of nitrogens with two attached hydrogens (primary N) is 1. The maximum absolute atomic E-state index is 14.1. The van der Waals surface area contributed by atoms with Crippen LogP contribution in [0.15, 0.2) is 42.6 Å². The van der Waals surface area contributed by atoms with Crippen LogP contribution in [-0.2, 0) is 6.42 Å². The molecule has 0 spiro atoms. The van der Waals surface area contributed by atoms with Gasteiger partial charge in [-0.15, -0.1) is 0 Å². The van der Waals surface area contributed by atoms with E-state index in [1.807, 2.05) is 13.0 Å². The van der Waals surface area contributed by atoms with E-state index in [0.29, 0.717) is 45.3 Å². The van der Waals surface area contributed by atoms with Crippen LogP contribution in [0.3, 0.4) is 0 Å². The molecule has 138 valence electrons. The first-order valence-corrected chi connectivity index (χ1v) is 8.66. The molecule has 0 bridgehead atoms. The first-order chi connectivity index (χ1) is 13.6. The second-order valence-electron chi connectivity index (χ2n) is 6.43. The number of anilines is 1. The van der Waals surface area contributed by atoms with Crippen LogP contribution in [0.5, 0.6) is 0 Å². The highest BCUT2D eigenvalue weighted by molar-refractivity contribution is 5.90. The van der Waals surface area contributed by atoms with Gasteiger partial charge in [0.25, 0.3) is 0 Å². The van der Waals surface area contributed by atoms with Crippen LogP contribution in [-0.4, -0.2) is 34.8 Å². The Morgan fingerprint density at radius 2 is 1.96 bits per heavy atom. The van der Waals surface area contributed by atoms with Gasteiger partial charge < -0.3 is 5.73 Å². The van der Waals surface area contributed by atoms with Crippen molar-refractivity contribution >= 4 is 22.4 Å². The van der Waals surface area contributed by atoms with Gasteiger partial charge in [0.2, 0.25) is 0 Å². The highest BCUT2D eigenvalue weighted by atomic mass is 19.1. The normalized spacial score (nSPS) is 11.5. The minimum Gasteiger partial charge on any atom is -0.383 e. The molecule has 4 aromatic heterocycles. The minimum atomic E-state index is -0.286. The molecule has 8 nitrogen and oxygen atoms in total. The van der Waals surface area contributed by atoms with Crippen LogP contribution < -0.4 is 5.73 Å². The van der Waals surface area contributed by atoms with Gasteiger partial charge in [-0.05, 0) is 30.7 Å². The summed E-state index contributed by atoms with van der Waals surface area (Å²) in [6, 6.07) is 10.3. The number of aromatic nitrogens is 7. The Morgan fingerprint density at radius 3 is 2.82 bits per heavy atom. The van der Waals surface area contributed by atoms with E-state index in [0.717, 1.165) is 5.69 Å². The summed E-state index contributed by atoms with van der Waals surface area (Å²) in [5.41, 5.74) is 9.17. The molecule has 0 aliphatic carbocycles. The number of nitrogens with zero attached hydrogens (tertiary/aromatic N) is 6. The first kappa shape index (κ1) is 16.3. The SMILES string of the molecule is Cc1n[nH]c2nc(-c3nc(Cc4ccccc4F)n4ncccc34)nc(N)c12. The molecule has 28 heavy (non-hydrogen) atoms. The zero-order valence-electron chi connectivity index (χ0n) is 14.9. The van der Waals surface area contributed by atoms with Gasteiger partial charge in [0.1, 0.15) is 23.2 Å².